The van der Waals surface area contributed by atoms with E-state index in [1.165, 1.54) is 12.1 Å². The Hall–Kier alpha value is -1.76. The van der Waals surface area contributed by atoms with Gasteiger partial charge in [0, 0.05) is 0 Å². The average molecular weight is 276 g/mol. The number of primary amides is 1. The molecule has 1 aromatic carbocycles. The van der Waals surface area contributed by atoms with Crippen molar-refractivity contribution >= 4 is 5.91 Å². The highest BCUT2D eigenvalue weighted by molar-refractivity contribution is 5.81. The van der Waals surface area contributed by atoms with E-state index in [1.807, 2.05) is 6.92 Å². The molecule has 1 amide bonds. The molecule has 0 aromatic heterocycles. The summed E-state index contributed by atoms with van der Waals surface area (Å²) in [6.07, 6.45) is -3.93. The predicted octanol–water partition coefficient (Wildman–Crippen LogP) is 2.11. The van der Waals surface area contributed by atoms with E-state index in [1.54, 1.807) is 0 Å². The number of amides is 1. The van der Waals surface area contributed by atoms with Crippen molar-refractivity contribution in [1.82, 2.24) is 5.32 Å². The molecule has 0 bridgehead atoms. The third-order valence-corrected chi connectivity index (χ3v) is 2.33. The topological polar surface area (TPSA) is 64.3 Å². The Morgan fingerprint density at radius 1 is 1.37 bits per heavy atom. The standard InChI is InChI=1S/C12H15F3N2O2/c1-2-7-17-10(11(16)18)8-3-5-9(6-4-8)19-12(13,14)15/h3-6,10,17H,2,7H2,1H3,(H2,16,18). The fraction of sp³-hybridized carbons (Fsp3) is 0.417. The zero-order chi connectivity index (χ0) is 14.5. The summed E-state index contributed by atoms with van der Waals surface area (Å²) in [7, 11) is 0. The van der Waals surface area contributed by atoms with Gasteiger partial charge in [0.2, 0.25) is 5.91 Å². The van der Waals surface area contributed by atoms with Crippen LogP contribution in [-0.2, 0) is 4.79 Å². The molecule has 0 radical (unpaired) electrons. The molecule has 0 aliphatic heterocycles. The molecule has 3 N–H and O–H groups in total. The van der Waals surface area contributed by atoms with Gasteiger partial charge in [-0.15, -0.1) is 13.2 Å². The summed E-state index contributed by atoms with van der Waals surface area (Å²) in [5, 5.41) is 2.92. The van der Waals surface area contributed by atoms with Crippen LogP contribution < -0.4 is 15.8 Å². The number of alkyl halides is 3. The Morgan fingerprint density at radius 3 is 2.37 bits per heavy atom. The van der Waals surface area contributed by atoms with E-state index < -0.39 is 18.3 Å². The third kappa shape index (κ3) is 5.17. The fourth-order valence-corrected chi connectivity index (χ4v) is 1.53. The summed E-state index contributed by atoms with van der Waals surface area (Å²) >= 11 is 0. The van der Waals surface area contributed by atoms with E-state index >= 15 is 0 Å². The summed E-state index contributed by atoms with van der Waals surface area (Å²) in [6, 6.07) is 4.32. The molecule has 19 heavy (non-hydrogen) atoms. The van der Waals surface area contributed by atoms with Crippen molar-refractivity contribution in [1.29, 1.82) is 0 Å². The summed E-state index contributed by atoms with van der Waals surface area (Å²) in [5.74, 6) is -0.923. The van der Waals surface area contributed by atoms with Crippen LogP contribution in [-0.4, -0.2) is 18.8 Å². The van der Waals surface area contributed by atoms with Gasteiger partial charge in [0.05, 0.1) is 0 Å². The molecule has 0 spiro atoms. The molecule has 4 nitrogen and oxygen atoms in total. The van der Waals surface area contributed by atoms with Crippen LogP contribution in [0.2, 0.25) is 0 Å². The Morgan fingerprint density at radius 2 is 1.95 bits per heavy atom. The molecule has 0 aliphatic carbocycles. The number of ether oxygens (including phenoxy) is 1. The third-order valence-electron chi connectivity index (χ3n) is 2.33. The second-order valence-electron chi connectivity index (χ2n) is 3.91. The molecule has 1 atom stereocenters. The second-order valence-corrected chi connectivity index (χ2v) is 3.91. The van der Waals surface area contributed by atoms with Crippen LogP contribution in [0.15, 0.2) is 24.3 Å². The highest BCUT2D eigenvalue weighted by Crippen LogP contribution is 2.24. The summed E-state index contributed by atoms with van der Waals surface area (Å²) in [5.41, 5.74) is 5.73. The molecular weight excluding hydrogens is 261 g/mol. The molecule has 0 saturated carbocycles. The monoisotopic (exact) mass is 276 g/mol. The minimum Gasteiger partial charge on any atom is -0.406 e. The van der Waals surface area contributed by atoms with Gasteiger partial charge in [0.15, 0.2) is 0 Å². The lowest BCUT2D eigenvalue weighted by Crippen LogP contribution is -2.34. The zero-order valence-electron chi connectivity index (χ0n) is 10.3. The van der Waals surface area contributed by atoms with E-state index in [9.17, 15) is 18.0 Å². The van der Waals surface area contributed by atoms with Gasteiger partial charge in [-0.1, -0.05) is 19.1 Å². The maximum atomic E-state index is 12.0. The van der Waals surface area contributed by atoms with Gasteiger partial charge in [-0.2, -0.15) is 0 Å². The van der Waals surface area contributed by atoms with Crippen molar-refractivity contribution in [2.75, 3.05) is 6.54 Å². The number of nitrogens with two attached hydrogens (primary N) is 1. The van der Waals surface area contributed by atoms with E-state index in [4.69, 9.17) is 5.73 Å². The molecule has 1 aromatic rings. The quantitative estimate of drug-likeness (QED) is 0.836. The fourth-order valence-electron chi connectivity index (χ4n) is 1.53. The number of hydrogen-bond acceptors (Lipinski definition) is 3. The van der Waals surface area contributed by atoms with Crippen LogP contribution >= 0.6 is 0 Å². The lowest BCUT2D eigenvalue weighted by molar-refractivity contribution is -0.274. The highest BCUT2D eigenvalue weighted by atomic mass is 19.4. The maximum absolute atomic E-state index is 12.0. The molecule has 0 heterocycles. The van der Waals surface area contributed by atoms with Gasteiger partial charge in [0.1, 0.15) is 11.8 Å². The largest absolute Gasteiger partial charge is 0.573 e. The van der Waals surface area contributed by atoms with Crippen molar-refractivity contribution in [2.45, 2.75) is 25.7 Å². The van der Waals surface area contributed by atoms with Crippen LogP contribution in [0.5, 0.6) is 5.75 Å². The smallest absolute Gasteiger partial charge is 0.406 e. The summed E-state index contributed by atoms with van der Waals surface area (Å²) in [6.45, 7) is 2.50. The van der Waals surface area contributed by atoms with Gasteiger partial charge in [-0.25, -0.2) is 0 Å². The van der Waals surface area contributed by atoms with Crippen molar-refractivity contribution in [3.05, 3.63) is 29.8 Å². The van der Waals surface area contributed by atoms with E-state index in [2.05, 4.69) is 10.1 Å². The number of carbonyl (C=O) groups is 1. The number of halogens is 3. The van der Waals surface area contributed by atoms with E-state index in [0.29, 0.717) is 12.1 Å². The van der Waals surface area contributed by atoms with Gasteiger partial charge in [-0.05, 0) is 30.7 Å². The maximum Gasteiger partial charge on any atom is 0.573 e. The van der Waals surface area contributed by atoms with Crippen LogP contribution in [0.25, 0.3) is 0 Å². The number of benzene rings is 1. The van der Waals surface area contributed by atoms with Crippen LogP contribution in [0.1, 0.15) is 24.9 Å². The molecule has 106 valence electrons. The van der Waals surface area contributed by atoms with Crippen molar-refractivity contribution < 1.29 is 22.7 Å². The minimum absolute atomic E-state index is 0.338. The Kier molecular flexibility index (Phi) is 5.17. The molecule has 0 saturated heterocycles. The number of hydrogen-bond donors (Lipinski definition) is 2. The average Bonchev–Trinajstić information content (AvgIpc) is 2.29. The minimum atomic E-state index is -4.73. The molecule has 0 aliphatic rings. The first-order chi connectivity index (χ1) is 8.83. The predicted molar refractivity (Wildman–Crippen MR) is 63.4 cm³/mol. The van der Waals surface area contributed by atoms with E-state index in [0.717, 1.165) is 18.6 Å². The molecule has 7 heteroatoms. The van der Waals surface area contributed by atoms with Crippen molar-refractivity contribution in [3.8, 4) is 5.75 Å². The van der Waals surface area contributed by atoms with Gasteiger partial charge < -0.3 is 15.8 Å². The van der Waals surface area contributed by atoms with Crippen molar-refractivity contribution in [3.63, 3.8) is 0 Å². The number of rotatable bonds is 6. The Labute approximate surface area is 108 Å². The van der Waals surface area contributed by atoms with Crippen molar-refractivity contribution in [2.24, 2.45) is 5.73 Å². The first-order valence-corrected chi connectivity index (χ1v) is 5.72. The normalized spacial score (nSPS) is 13.1. The molecule has 0 fully saturated rings. The molecule has 1 unspecified atom stereocenters. The van der Waals surface area contributed by atoms with Crippen LogP contribution in [0, 0.1) is 0 Å². The Bertz CT molecular complexity index is 418. The number of nitrogens with one attached hydrogen (secondary N) is 1. The zero-order valence-corrected chi connectivity index (χ0v) is 10.3. The molecule has 1 rings (SSSR count). The highest BCUT2D eigenvalue weighted by Gasteiger charge is 2.31. The molecular formula is C12H15F3N2O2. The van der Waals surface area contributed by atoms with Gasteiger partial charge in [-0.3, -0.25) is 4.79 Å². The van der Waals surface area contributed by atoms with E-state index in [-0.39, 0.29) is 5.75 Å². The lowest BCUT2D eigenvalue weighted by Gasteiger charge is -2.16. The van der Waals surface area contributed by atoms with Gasteiger partial charge in [0.25, 0.3) is 0 Å². The Balaban J connectivity index is 2.80. The number of carbonyl (C=O) groups excluding carboxylic acids is 1. The lowest BCUT2D eigenvalue weighted by atomic mass is 10.1. The first kappa shape index (κ1) is 15.3. The first-order valence-electron chi connectivity index (χ1n) is 5.72. The van der Waals surface area contributed by atoms with Crippen LogP contribution in [0.3, 0.4) is 0 Å². The van der Waals surface area contributed by atoms with Gasteiger partial charge >= 0.3 is 6.36 Å². The summed E-state index contributed by atoms with van der Waals surface area (Å²) < 4.78 is 39.7. The SMILES string of the molecule is CCCNC(C(N)=O)c1ccc(OC(F)(F)F)cc1. The summed E-state index contributed by atoms with van der Waals surface area (Å²) in [4.78, 5) is 11.3. The second kappa shape index (κ2) is 6.42. The van der Waals surface area contributed by atoms with Crippen LogP contribution in [0.4, 0.5) is 13.2 Å².